The molecule has 0 aromatic heterocycles. The maximum absolute atomic E-state index is 13.8. The normalized spacial score (nSPS) is 19.1. The highest BCUT2D eigenvalue weighted by Gasteiger charge is 2.54. The van der Waals surface area contributed by atoms with Crippen molar-refractivity contribution in [3.8, 4) is 11.5 Å². The topological polar surface area (TPSA) is 85.3 Å². The average Bonchev–Trinajstić information content (AvgIpc) is 2.85. The number of para-hydroxylation sites is 2. The number of ether oxygens (including phenoxy) is 2. The number of carboxylic acid groups (broad SMARTS) is 1. The maximum Gasteiger partial charge on any atom is 0.335 e. The van der Waals surface area contributed by atoms with Gasteiger partial charge in [0.15, 0.2) is 0 Å². The first kappa shape index (κ1) is 22.4. The molecule has 1 aliphatic rings. The molecule has 0 aliphatic carbocycles. The van der Waals surface area contributed by atoms with Crippen molar-refractivity contribution in [1.82, 2.24) is 5.06 Å². The third-order valence-corrected chi connectivity index (χ3v) is 5.59. The molecule has 0 fully saturated rings. The number of hydrogen-bond donors (Lipinski definition) is 1. The van der Waals surface area contributed by atoms with Gasteiger partial charge in [0.05, 0.1) is 26.0 Å². The Morgan fingerprint density at radius 1 is 1.00 bits per heavy atom. The molecule has 170 valence electrons. The summed E-state index contributed by atoms with van der Waals surface area (Å²) in [5.74, 6) is -3.90. The first-order chi connectivity index (χ1) is 16.0. The number of hydrogen-bond acceptors (Lipinski definition) is 5. The molecule has 3 aromatic rings. The summed E-state index contributed by atoms with van der Waals surface area (Å²) in [7, 11) is 1.39. The third kappa shape index (κ3) is 4.83. The molecule has 1 N–H and O–H groups in total. The molecule has 7 heteroatoms. The molecular weight excluding hydrogens is 422 g/mol. The van der Waals surface area contributed by atoms with Gasteiger partial charge in [0.2, 0.25) is 0 Å². The predicted molar refractivity (Wildman–Crippen MR) is 121 cm³/mol. The highest BCUT2D eigenvalue weighted by molar-refractivity contribution is 5.87. The number of aliphatic carboxylic acids is 1. The van der Waals surface area contributed by atoms with Crippen LogP contribution in [0.4, 0.5) is 0 Å². The van der Waals surface area contributed by atoms with Gasteiger partial charge in [-0.25, -0.2) is 5.06 Å². The van der Waals surface area contributed by atoms with Crippen LogP contribution in [0.15, 0.2) is 84.9 Å². The van der Waals surface area contributed by atoms with E-state index in [2.05, 4.69) is 0 Å². The van der Waals surface area contributed by atoms with E-state index >= 15 is 0 Å². The van der Waals surface area contributed by atoms with E-state index in [1.54, 1.807) is 48.5 Å². The molecule has 0 saturated heterocycles. The van der Waals surface area contributed by atoms with E-state index in [1.807, 2.05) is 36.4 Å². The summed E-state index contributed by atoms with van der Waals surface area (Å²) >= 11 is 0. The summed E-state index contributed by atoms with van der Waals surface area (Å²) in [4.78, 5) is 31.4. The third-order valence-electron chi connectivity index (χ3n) is 5.59. The number of hydroxylamine groups is 2. The zero-order valence-electron chi connectivity index (χ0n) is 18.2. The SMILES string of the molecule is CON(CCc1ccccc1)C(=O)C1(Oc2ccccc2)CC(C(=O)O)c2ccccc2O1. The fraction of sp³-hybridized carbons (Fsp3) is 0.231. The minimum atomic E-state index is -1.91. The van der Waals surface area contributed by atoms with Crippen molar-refractivity contribution >= 4 is 11.9 Å². The molecule has 2 atom stereocenters. The van der Waals surface area contributed by atoms with Crippen LogP contribution in [0.3, 0.4) is 0 Å². The van der Waals surface area contributed by atoms with Gasteiger partial charge in [-0.15, -0.1) is 0 Å². The molecule has 1 amide bonds. The minimum absolute atomic E-state index is 0.210. The van der Waals surface area contributed by atoms with Crippen LogP contribution in [-0.4, -0.2) is 41.5 Å². The zero-order chi connectivity index (χ0) is 23.3. The summed E-state index contributed by atoms with van der Waals surface area (Å²) in [6.07, 6.45) is 0.332. The smallest absolute Gasteiger partial charge is 0.335 e. The molecule has 0 bridgehead atoms. The molecule has 0 radical (unpaired) electrons. The number of nitrogens with zero attached hydrogens (tertiary/aromatic N) is 1. The molecule has 4 rings (SSSR count). The molecule has 3 aromatic carbocycles. The highest BCUT2D eigenvalue weighted by Crippen LogP contribution is 2.43. The monoisotopic (exact) mass is 447 g/mol. The van der Waals surface area contributed by atoms with Gasteiger partial charge in [-0.3, -0.25) is 14.4 Å². The Bertz CT molecular complexity index is 1100. The van der Waals surface area contributed by atoms with E-state index in [0.717, 1.165) is 5.56 Å². The average molecular weight is 447 g/mol. The lowest BCUT2D eigenvalue weighted by atomic mass is 9.87. The summed E-state index contributed by atoms with van der Waals surface area (Å²) < 4.78 is 12.3. The first-order valence-electron chi connectivity index (χ1n) is 10.7. The molecule has 7 nitrogen and oxygen atoms in total. The van der Waals surface area contributed by atoms with Crippen LogP contribution >= 0.6 is 0 Å². The Hall–Kier alpha value is -3.84. The Labute approximate surface area is 192 Å². The summed E-state index contributed by atoms with van der Waals surface area (Å²) in [6, 6.07) is 25.2. The summed E-state index contributed by atoms with van der Waals surface area (Å²) in [6.45, 7) is 0.238. The second-order valence-corrected chi connectivity index (χ2v) is 7.73. The van der Waals surface area contributed by atoms with Crippen LogP contribution in [0.5, 0.6) is 11.5 Å². The van der Waals surface area contributed by atoms with Crippen molar-refractivity contribution in [3.63, 3.8) is 0 Å². The Kier molecular flexibility index (Phi) is 6.60. The molecule has 1 aliphatic heterocycles. The number of amides is 1. The standard InChI is InChI=1S/C26H25NO6/c1-31-27(17-16-19-10-4-2-5-11-19)25(30)26(32-20-12-6-3-7-13-20)18-22(24(28)29)21-14-8-9-15-23(21)33-26/h2-15,22H,16-18H2,1H3,(H,28,29). The predicted octanol–water partition coefficient (Wildman–Crippen LogP) is 4.05. The van der Waals surface area contributed by atoms with Crippen molar-refractivity contribution in [1.29, 1.82) is 0 Å². The quantitative estimate of drug-likeness (QED) is 0.525. The van der Waals surface area contributed by atoms with Crippen LogP contribution in [-0.2, 0) is 20.8 Å². The van der Waals surface area contributed by atoms with Gasteiger partial charge >= 0.3 is 17.7 Å². The Morgan fingerprint density at radius 2 is 1.64 bits per heavy atom. The fourth-order valence-electron chi connectivity index (χ4n) is 3.94. The van der Waals surface area contributed by atoms with Crippen molar-refractivity contribution in [3.05, 3.63) is 96.1 Å². The minimum Gasteiger partial charge on any atom is -0.481 e. The van der Waals surface area contributed by atoms with Crippen LogP contribution in [0.1, 0.15) is 23.5 Å². The van der Waals surface area contributed by atoms with Gasteiger partial charge in [0.1, 0.15) is 11.5 Å². The number of carbonyl (C=O) groups excluding carboxylic acids is 1. The van der Waals surface area contributed by atoms with Gasteiger partial charge in [-0.2, -0.15) is 0 Å². The van der Waals surface area contributed by atoms with Crippen molar-refractivity contribution in [2.24, 2.45) is 0 Å². The van der Waals surface area contributed by atoms with Gasteiger partial charge < -0.3 is 14.6 Å². The first-order valence-corrected chi connectivity index (χ1v) is 10.7. The lowest BCUT2D eigenvalue weighted by Gasteiger charge is -2.41. The number of rotatable bonds is 8. The van der Waals surface area contributed by atoms with Crippen molar-refractivity contribution < 1.29 is 29.0 Å². The van der Waals surface area contributed by atoms with Gasteiger partial charge in [-0.1, -0.05) is 66.7 Å². The second kappa shape index (κ2) is 9.75. The Morgan fingerprint density at radius 3 is 2.30 bits per heavy atom. The van der Waals surface area contributed by atoms with E-state index in [4.69, 9.17) is 14.3 Å². The lowest BCUT2D eigenvalue weighted by molar-refractivity contribution is -0.221. The lowest BCUT2D eigenvalue weighted by Crippen LogP contribution is -2.59. The van der Waals surface area contributed by atoms with Gasteiger partial charge in [0.25, 0.3) is 0 Å². The van der Waals surface area contributed by atoms with E-state index in [0.29, 0.717) is 23.5 Å². The molecular formula is C26H25NO6. The maximum atomic E-state index is 13.8. The van der Waals surface area contributed by atoms with Crippen LogP contribution in [0, 0.1) is 0 Å². The molecule has 2 unspecified atom stereocenters. The molecule has 33 heavy (non-hydrogen) atoms. The fourth-order valence-corrected chi connectivity index (χ4v) is 3.94. The number of carbonyl (C=O) groups is 2. The van der Waals surface area contributed by atoms with Gasteiger partial charge in [-0.05, 0) is 30.2 Å². The van der Waals surface area contributed by atoms with E-state index in [-0.39, 0.29) is 13.0 Å². The number of fused-ring (bicyclic) bond motifs is 1. The van der Waals surface area contributed by atoms with E-state index in [1.165, 1.54) is 12.2 Å². The van der Waals surface area contributed by atoms with E-state index in [9.17, 15) is 14.7 Å². The summed E-state index contributed by atoms with van der Waals surface area (Å²) in [5.41, 5.74) is 1.53. The van der Waals surface area contributed by atoms with Crippen molar-refractivity contribution in [2.45, 2.75) is 24.5 Å². The number of carboxylic acids is 1. The second-order valence-electron chi connectivity index (χ2n) is 7.73. The number of benzene rings is 3. The zero-order valence-corrected chi connectivity index (χ0v) is 18.2. The van der Waals surface area contributed by atoms with Crippen molar-refractivity contribution in [2.75, 3.05) is 13.7 Å². The summed E-state index contributed by atoms with van der Waals surface area (Å²) in [5, 5.41) is 11.1. The highest BCUT2D eigenvalue weighted by atomic mass is 16.7. The molecule has 1 heterocycles. The van der Waals surface area contributed by atoms with Crippen LogP contribution < -0.4 is 9.47 Å². The van der Waals surface area contributed by atoms with Crippen LogP contribution in [0.25, 0.3) is 0 Å². The largest absolute Gasteiger partial charge is 0.481 e. The Balaban J connectivity index is 1.69. The van der Waals surface area contributed by atoms with Crippen LogP contribution in [0.2, 0.25) is 0 Å². The van der Waals surface area contributed by atoms with E-state index < -0.39 is 23.6 Å². The molecule has 0 saturated carbocycles. The molecule has 0 spiro atoms. The van der Waals surface area contributed by atoms with Gasteiger partial charge in [0, 0.05) is 5.56 Å².